The first-order valence-electron chi connectivity index (χ1n) is 50.7. The van der Waals surface area contributed by atoms with Crippen LogP contribution in [-0.4, -0.2) is 383 Å². The summed E-state index contributed by atoms with van der Waals surface area (Å²) in [6.07, 6.45) is 25.5. The Kier molecular flexibility index (Phi) is 56.5. The molecule has 44 nitrogen and oxygen atoms in total. The van der Waals surface area contributed by atoms with Crippen molar-refractivity contribution in [2.75, 3.05) is 198 Å². The van der Waals surface area contributed by atoms with E-state index in [1.165, 1.54) is 18.4 Å². The van der Waals surface area contributed by atoms with Crippen LogP contribution in [0.15, 0.2) is 110 Å². The zero-order valence-corrected chi connectivity index (χ0v) is 84.8. The summed E-state index contributed by atoms with van der Waals surface area (Å²) in [5, 5.41) is 8.50. The highest BCUT2D eigenvalue weighted by molar-refractivity contribution is 6.17. The van der Waals surface area contributed by atoms with E-state index in [-0.39, 0.29) is 352 Å². The van der Waals surface area contributed by atoms with E-state index in [9.17, 15) is 115 Å². The predicted octanol–water partition coefficient (Wildman–Crippen LogP) is 3.91. The van der Waals surface area contributed by atoms with Crippen molar-refractivity contribution in [3.8, 4) is 0 Å². The molecular formula is C105H140N8O36. The van der Waals surface area contributed by atoms with Crippen molar-refractivity contribution >= 4 is 141 Å². The monoisotopic (exact) mass is 2090 g/mol. The maximum atomic E-state index is 13.3. The molecule has 816 valence electrons. The highest BCUT2D eigenvalue weighted by Crippen LogP contribution is 2.30. The fraction of sp³-hybridized carbons (Fsp3) is 0.600. The van der Waals surface area contributed by atoms with E-state index in [4.69, 9.17) is 57.2 Å². The first-order valence-corrected chi connectivity index (χ1v) is 50.7. The number of aliphatic hydroxyl groups is 1. The Morgan fingerprint density at radius 2 is 0.342 bits per heavy atom. The lowest BCUT2D eigenvalue weighted by molar-refractivity contribution is -0.155. The number of carbonyl (C=O) groups excluding carboxylic acids is 24. The number of amides is 16. The number of ketones is 8. The number of carbonyl (C=O) groups is 24. The number of aliphatic hydroxyl groups excluding tert-OH is 1. The van der Waals surface area contributed by atoms with Gasteiger partial charge in [0, 0.05) is 305 Å². The molecule has 0 aromatic rings. The van der Waals surface area contributed by atoms with Crippen molar-refractivity contribution in [3.63, 3.8) is 0 Å². The number of hydrogen-bond donors (Lipinski definition) is 1. The molecule has 1 N–H and O–H groups in total. The first kappa shape index (κ1) is 123. The van der Waals surface area contributed by atoms with Crippen LogP contribution < -0.4 is 0 Å². The van der Waals surface area contributed by atoms with E-state index in [0.717, 1.165) is 124 Å². The Morgan fingerprint density at radius 1 is 0.195 bits per heavy atom. The molecular weight excluding hydrogens is 1950 g/mol. The van der Waals surface area contributed by atoms with Gasteiger partial charge in [0.1, 0.15) is 46.3 Å². The van der Waals surface area contributed by atoms with Crippen LogP contribution in [0.4, 0.5) is 0 Å². The number of unbranched alkanes of at least 4 members (excludes halogenated alkanes) is 6. The normalized spacial score (nSPS) is 15.6. The van der Waals surface area contributed by atoms with E-state index in [1.807, 2.05) is 0 Å². The highest BCUT2D eigenvalue weighted by Gasteiger charge is 2.41. The molecule has 0 saturated carbocycles. The first-order chi connectivity index (χ1) is 71.7. The van der Waals surface area contributed by atoms with Crippen molar-refractivity contribution < 1.29 is 172 Å². The van der Waals surface area contributed by atoms with E-state index in [0.29, 0.717) is 96.3 Å². The fourth-order valence-corrected chi connectivity index (χ4v) is 16.1. The van der Waals surface area contributed by atoms with Crippen LogP contribution in [0.25, 0.3) is 0 Å². The minimum Gasteiger partial charge on any atom is -0.501 e. The zero-order valence-electron chi connectivity index (χ0n) is 84.8. The predicted molar refractivity (Wildman–Crippen MR) is 524 cm³/mol. The van der Waals surface area contributed by atoms with Gasteiger partial charge in [0.15, 0.2) is 0 Å². The molecule has 0 spiro atoms. The summed E-state index contributed by atoms with van der Waals surface area (Å²) in [7, 11) is 0. The van der Waals surface area contributed by atoms with Crippen LogP contribution >= 0.6 is 0 Å². The number of imide groups is 8. The second kappa shape index (κ2) is 68.3. The molecule has 0 aromatic heterocycles. The lowest BCUT2D eigenvalue weighted by Gasteiger charge is -2.38. The summed E-state index contributed by atoms with van der Waals surface area (Å²) in [5.41, 5.74) is -3.72. The molecule has 8 aliphatic heterocycles. The highest BCUT2D eigenvalue weighted by atomic mass is 16.6. The topological polar surface area (TPSA) is 557 Å². The summed E-state index contributed by atoms with van der Waals surface area (Å²) in [4.78, 5) is 304. The van der Waals surface area contributed by atoms with Crippen LogP contribution in [-0.2, 0) is 167 Å². The molecule has 0 radical (unpaired) electrons. The lowest BCUT2D eigenvalue weighted by Crippen LogP contribution is -2.47. The summed E-state index contributed by atoms with van der Waals surface area (Å²) >= 11 is 0. The van der Waals surface area contributed by atoms with E-state index in [2.05, 4.69) is 6.58 Å². The largest absolute Gasteiger partial charge is 0.501 e. The SMILES string of the molecule is C=COCC(COCCCCC(=O)CCN1C(=O)C=CC1=O)(COCCCCC(=O)CCN1C(=O)C=CC1=O)COCC(COCCCCC(=O)CCN1C(=O)C=CC1=O)(COCCCCC(=O)CCN1C(=O)C=CC1=O)COCC(COCCCCC(=O)CCN1C(=O)C=CC1=O)(COCCCCC(=O)CCN1C(=O)C=CC1=O)COCCOCCCC(=O)CCN1C(=O)C=CC1=O.O=C(CCCO)CCN1C(=O)C=CC1=O. The minimum absolute atomic E-state index is 0.0105. The molecule has 8 heterocycles. The number of Topliss-reactive ketones (excluding diaryl/α,β-unsaturated/α-hetero) is 8. The van der Waals surface area contributed by atoms with Crippen LogP contribution in [0.2, 0.25) is 0 Å². The second-order valence-corrected chi connectivity index (χ2v) is 37.2. The minimum atomic E-state index is -1.32. The van der Waals surface area contributed by atoms with Gasteiger partial charge in [-0.05, 0) is 89.9 Å². The molecule has 8 aliphatic rings. The maximum absolute atomic E-state index is 13.3. The number of ether oxygens (including phenoxy) is 11. The van der Waals surface area contributed by atoms with Gasteiger partial charge in [-0.2, -0.15) is 0 Å². The second-order valence-electron chi connectivity index (χ2n) is 37.2. The molecule has 16 amide bonds. The number of nitrogens with zero attached hydrogens (tertiary/aromatic N) is 8. The van der Waals surface area contributed by atoms with Gasteiger partial charge in [0.2, 0.25) is 0 Å². The third-order valence-electron chi connectivity index (χ3n) is 24.8. The molecule has 0 atom stereocenters. The Morgan fingerprint density at radius 3 is 0.523 bits per heavy atom. The van der Waals surface area contributed by atoms with Gasteiger partial charge in [0.25, 0.3) is 94.5 Å². The third-order valence-corrected chi connectivity index (χ3v) is 24.8. The molecule has 0 aliphatic carbocycles. The average Bonchev–Trinajstić information content (AvgIpc) is 1.78. The molecule has 0 aromatic carbocycles. The molecule has 44 heteroatoms. The summed E-state index contributed by atoms with van der Waals surface area (Å²) in [6.45, 7) is 2.36. The van der Waals surface area contributed by atoms with Crippen molar-refractivity contribution in [1.82, 2.24) is 39.2 Å². The van der Waals surface area contributed by atoms with Gasteiger partial charge < -0.3 is 57.2 Å². The molecule has 149 heavy (non-hydrogen) atoms. The Balaban J connectivity index is 0.00000183. The molecule has 0 bridgehead atoms. The van der Waals surface area contributed by atoms with Gasteiger partial charge in [-0.15, -0.1) is 0 Å². The van der Waals surface area contributed by atoms with Gasteiger partial charge in [-0.25, -0.2) is 0 Å². The summed E-state index contributed by atoms with van der Waals surface area (Å²) in [6, 6.07) is 0. The van der Waals surface area contributed by atoms with Crippen LogP contribution in [0.3, 0.4) is 0 Å². The van der Waals surface area contributed by atoms with Gasteiger partial charge in [-0.1, -0.05) is 6.58 Å². The Labute approximate surface area is 864 Å². The van der Waals surface area contributed by atoms with Crippen molar-refractivity contribution in [1.29, 1.82) is 0 Å². The van der Waals surface area contributed by atoms with Crippen molar-refractivity contribution in [3.05, 3.63) is 110 Å². The van der Waals surface area contributed by atoms with Gasteiger partial charge in [0.05, 0.1) is 115 Å². The van der Waals surface area contributed by atoms with E-state index >= 15 is 0 Å². The molecule has 0 saturated heterocycles. The quantitative estimate of drug-likeness (QED) is 0.0512. The number of hydrogen-bond acceptors (Lipinski definition) is 36. The molecule has 0 fully saturated rings. The van der Waals surface area contributed by atoms with Crippen LogP contribution in [0, 0.1) is 16.2 Å². The summed E-state index contributed by atoms with van der Waals surface area (Å²) < 4.78 is 71.5. The third kappa shape index (κ3) is 46.3. The Hall–Kier alpha value is -12.5. The lowest BCUT2D eigenvalue weighted by atomic mass is 9.89. The molecule has 8 rings (SSSR count). The van der Waals surface area contributed by atoms with Gasteiger partial charge >= 0.3 is 0 Å². The van der Waals surface area contributed by atoms with Crippen molar-refractivity contribution in [2.45, 2.75) is 193 Å². The maximum Gasteiger partial charge on any atom is 0.253 e. The van der Waals surface area contributed by atoms with Crippen LogP contribution in [0.1, 0.15) is 193 Å². The van der Waals surface area contributed by atoms with Crippen molar-refractivity contribution in [2.24, 2.45) is 16.2 Å². The Bertz CT molecular complexity index is 4610. The van der Waals surface area contributed by atoms with E-state index in [1.54, 1.807) is 0 Å². The summed E-state index contributed by atoms with van der Waals surface area (Å²) in [5.74, 6) is -9.23. The van der Waals surface area contributed by atoms with Crippen LogP contribution in [0.5, 0.6) is 0 Å². The molecule has 0 unspecified atom stereocenters. The number of rotatable bonds is 89. The zero-order chi connectivity index (χ0) is 108. The smallest absolute Gasteiger partial charge is 0.253 e. The van der Waals surface area contributed by atoms with E-state index < -0.39 is 98.9 Å². The average molecular weight is 2090 g/mol. The fourth-order valence-electron chi connectivity index (χ4n) is 16.1. The van der Waals surface area contributed by atoms with Gasteiger partial charge in [-0.3, -0.25) is 154 Å². The standard InChI is InChI=1S/C95H127N7O32.C10H13NO4/c1-2-124-60-93(61-126-51-9-3-16-72(103)37-44-96-79(110)23-24-80(96)111,62-127-52-10-4-17-73(104)38-45-97-81(112)25-26-82(97)113)68-133-70-95(65-130-55-13-7-20-76(107)41-48-100-87(118)31-32-88(100)119,66-131-56-14-8-21-77(108)42-49-101-89(120)33-34-90(101)121)71-134-69-94(63-128-53-11-5-18-74(105)39-46-98-83(114)27-28-84(98)115,64-129-54-12-6-19-75(106)40-47-99-85(116)29-30-86(99)117)67-132-59-58-125-57-15-22-78(109)43-50-102-91(122)35-36-92(102)123;12-7-1-2-8(13)5-6-11-9(14)3-4-10(11)15/h2,23-36H,1,3-22,37-71H2;3-4,12H,1-2,5-7H2.